The lowest BCUT2D eigenvalue weighted by atomic mass is 9.96. The molecule has 0 saturated carbocycles. The number of hydrogen-bond acceptors (Lipinski definition) is 3. The van der Waals surface area contributed by atoms with E-state index < -0.39 is 5.60 Å². The summed E-state index contributed by atoms with van der Waals surface area (Å²) >= 11 is 0. The van der Waals surface area contributed by atoms with Gasteiger partial charge in [-0.2, -0.15) is 0 Å². The number of benzene rings is 1. The molecule has 0 radical (unpaired) electrons. The number of likely N-dealkylation sites (tertiary alicyclic amines) is 1. The summed E-state index contributed by atoms with van der Waals surface area (Å²) in [7, 11) is 0. The van der Waals surface area contributed by atoms with E-state index in [1.165, 1.54) is 56.9 Å². The van der Waals surface area contributed by atoms with Crippen molar-refractivity contribution in [3.8, 4) is 0 Å². The first-order valence-electron chi connectivity index (χ1n) is 12.7. The van der Waals surface area contributed by atoms with Crippen LogP contribution in [0.25, 0.3) is 0 Å². The summed E-state index contributed by atoms with van der Waals surface area (Å²) in [5, 5.41) is 3.05. The molecule has 1 fully saturated rings. The molecule has 32 heavy (non-hydrogen) atoms. The van der Waals surface area contributed by atoms with E-state index in [0.29, 0.717) is 25.9 Å². The van der Waals surface area contributed by atoms with Gasteiger partial charge in [0, 0.05) is 24.7 Å². The highest BCUT2D eigenvalue weighted by Crippen LogP contribution is 2.22. The molecule has 1 heterocycles. The van der Waals surface area contributed by atoms with E-state index in [-0.39, 0.29) is 17.9 Å². The highest BCUT2D eigenvalue weighted by atomic mass is 16.6. The number of piperidine rings is 1. The SMILES string of the molecule is CCCCCCCCCCc1ccc(NC(=O)C2CCN(C(=O)OC(C)(C)C)CC2)cc1. The van der Waals surface area contributed by atoms with Crippen LogP contribution in [0.2, 0.25) is 0 Å². The van der Waals surface area contributed by atoms with Crippen LogP contribution < -0.4 is 5.32 Å². The van der Waals surface area contributed by atoms with Crippen molar-refractivity contribution in [2.45, 2.75) is 104 Å². The van der Waals surface area contributed by atoms with Crippen LogP contribution in [0.5, 0.6) is 0 Å². The fourth-order valence-electron chi connectivity index (χ4n) is 4.11. The zero-order valence-electron chi connectivity index (χ0n) is 20.8. The molecule has 0 bridgehead atoms. The minimum Gasteiger partial charge on any atom is -0.444 e. The van der Waals surface area contributed by atoms with Gasteiger partial charge in [-0.15, -0.1) is 0 Å². The summed E-state index contributed by atoms with van der Waals surface area (Å²) < 4.78 is 5.43. The van der Waals surface area contributed by atoms with Crippen LogP contribution in [0.3, 0.4) is 0 Å². The van der Waals surface area contributed by atoms with Gasteiger partial charge in [0.25, 0.3) is 0 Å². The van der Waals surface area contributed by atoms with Crippen molar-refractivity contribution in [3.63, 3.8) is 0 Å². The Kier molecular flexibility index (Phi) is 11.1. The van der Waals surface area contributed by atoms with Crippen LogP contribution in [-0.4, -0.2) is 35.6 Å². The van der Waals surface area contributed by atoms with E-state index >= 15 is 0 Å². The number of carbonyl (C=O) groups is 2. The molecular formula is C27H44N2O3. The second kappa shape index (κ2) is 13.5. The molecule has 0 atom stereocenters. The maximum Gasteiger partial charge on any atom is 0.410 e. The first-order chi connectivity index (χ1) is 15.3. The number of aryl methyl sites for hydroxylation is 1. The minimum atomic E-state index is -0.494. The van der Waals surface area contributed by atoms with Crippen molar-refractivity contribution in [1.29, 1.82) is 0 Å². The highest BCUT2D eigenvalue weighted by Gasteiger charge is 2.29. The summed E-state index contributed by atoms with van der Waals surface area (Å²) in [6.07, 6.45) is 12.8. The van der Waals surface area contributed by atoms with Crippen LogP contribution in [0, 0.1) is 5.92 Å². The quantitative estimate of drug-likeness (QED) is 0.375. The summed E-state index contributed by atoms with van der Waals surface area (Å²) in [5.74, 6) is -0.0182. The Labute approximate surface area is 195 Å². The Hall–Kier alpha value is -2.04. The smallest absolute Gasteiger partial charge is 0.410 e. The second-order valence-electron chi connectivity index (χ2n) is 10.2. The van der Waals surface area contributed by atoms with Gasteiger partial charge in [0.15, 0.2) is 0 Å². The summed E-state index contributed by atoms with van der Waals surface area (Å²) in [5.41, 5.74) is 1.69. The lowest BCUT2D eigenvalue weighted by Gasteiger charge is -2.32. The standard InChI is InChI=1S/C27H44N2O3/c1-5-6-7-8-9-10-11-12-13-22-14-16-24(17-15-22)28-25(30)23-18-20-29(21-19-23)26(31)32-27(2,3)4/h14-17,23H,5-13,18-21H2,1-4H3,(H,28,30). The van der Waals surface area contributed by atoms with Crippen molar-refractivity contribution in [2.75, 3.05) is 18.4 Å². The molecule has 0 aliphatic carbocycles. The van der Waals surface area contributed by atoms with Crippen molar-refractivity contribution in [3.05, 3.63) is 29.8 Å². The molecule has 1 saturated heterocycles. The van der Waals surface area contributed by atoms with Crippen LogP contribution in [-0.2, 0) is 16.0 Å². The molecule has 1 aromatic carbocycles. The number of unbranched alkanes of at least 4 members (excludes halogenated alkanes) is 7. The van der Waals surface area contributed by atoms with E-state index in [1.807, 2.05) is 32.9 Å². The molecule has 5 heteroatoms. The van der Waals surface area contributed by atoms with Gasteiger partial charge in [-0.3, -0.25) is 4.79 Å². The van der Waals surface area contributed by atoms with E-state index in [0.717, 1.165) is 12.1 Å². The van der Waals surface area contributed by atoms with Crippen LogP contribution in [0.4, 0.5) is 10.5 Å². The van der Waals surface area contributed by atoms with Gasteiger partial charge in [-0.1, -0.05) is 64.0 Å². The predicted molar refractivity (Wildman–Crippen MR) is 132 cm³/mol. The van der Waals surface area contributed by atoms with Gasteiger partial charge < -0.3 is 15.0 Å². The van der Waals surface area contributed by atoms with E-state index in [4.69, 9.17) is 4.74 Å². The zero-order chi connectivity index (χ0) is 23.4. The van der Waals surface area contributed by atoms with E-state index in [1.54, 1.807) is 4.90 Å². The molecular weight excluding hydrogens is 400 g/mol. The van der Waals surface area contributed by atoms with Crippen molar-refractivity contribution in [1.82, 2.24) is 4.90 Å². The predicted octanol–water partition coefficient (Wildman–Crippen LogP) is 6.96. The van der Waals surface area contributed by atoms with Crippen LogP contribution >= 0.6 is 0 Å². The third-order valence-electron chi connectivity index (χ3n) is 6.06. The lowest BCUT2D eigenvalue weighted by Crippen LogP contribution is -2.43. The molecule has 5 nitrogen and oxygen atoms in total. The van der Waals surface area contributed by atoms with Gasteiger partial charge in [0.05, 0.1) is 0 Å². The molecule has 0 aromatic heterocycles. The molecule has 1 aromatic rings. The Morgan fingerprint density at radius 3 is 2.06 bits per heavy atom. The number of nitrogens with zero attached hydrogens (tertiary/aromatic N) is 1. The minimum absolute atomic E-state index is 0.0460. The molecule has 1 aliphatic heterocycles. The first-order valence-corrected chi connectivity index (χ1v) is 12.7. The van der Waals surface area contributed by atoms with Gasteiger partial charge in [0.2, 0.25) is 5.91 Å². The van der Waals surface area contributed by atoms with Gasteiger partial charge in [0.1, 0.15) is 5.60 Å². The normalized spacial score (nSPS) is 14.9. The average molecular weight is 445 g/mol. The molecule has 0 spiro atoms. The first kappa shape index (κ1) is 26.2. The molecule has 1 aliphatic rings. The molecule has 2 rings (SSSR count). The third-order valence-corrected chi connectivity index (χ3v) is 6.06. The van der Waals surface area contributed by atoms with Gasteiger partial charge >= 0.3 is 6.09 Å². The number of nitrogens with one attached hydrogen (secondary N) is 1. The molecule has 0 unspecified atom stereocenters. The average Bonchev–Trinajstić information content (AvgIpc) is 2.75. The number of carbonyl (C=O) groups excluding carboxylic acids is 2. The Bertz CT molecular complexity index is 686. The fraction of sp³-hybridized carbons (Fsp3) is 0.704. The molecule has 1 N–H and O–H groups in total. The maximum atomic E-state index is 12.7. The summed E-state index contributed by atoms with van der Waals surface area (Å²) in [6, 6.07) is 8.27. The lowest BCUT2D eigenvalue weighted by molar-refractivity contribution is -0.121. The largest absolute Gasteiger partial charge is 0.444 e. The van der Waals surface area contributed by atoms with E-state index in [2.05, 4.69) is 24.4 Å². The van der Waals surface area contributed by atoms with Crippen molar-refractivity contribution in [2.24, 2.45) is 5.92 Å². The van der Waals surface area contributed by atoms with E-state index in [9.17, 15) is 9.59 Å². The monoisotopic (exact) mass is 444 g/mol. The number of amides is 2. The van der Waals surface area contributed by atoms with Crippen molar-refractivity contribution < 1.29 is 14.3 Å². The Balaban J connectivity index is 1.65. The molecule has 2 amide bonds. The van der Waals surface area contributed by atoms with Crippen LogP contribution in [0.15, 0.2) is 24.3 Å². The third kappa shape index (κ3) is 10.1. The highest BCUT2D eigenvalue weighted by molar-refractivity contribution is 5.92. The second-order valence-corrected chi connectivity index (χ2v) is 10.2. The summed E-state index contributed by atoms with van der Waals surface area (Å²) in [6.45, 7) is 8.98. The number of hydrogen-bond donors (Lipinski definition) is 1. The molecule has 180 valence electrons. The fourth-order valence-corrected chi connectivity index (χ4v) is 4.11. The Morgan fingerprint density at radius 2 is 1.50 bits per heavy atom. The van der Waals surface area contributed by atoms with Gasteiger partial charge in [-0.25, -0.2) is 4.79 Å². The van der Waals surface area contributed by atoms with Crippen molar-refractivity contribution >= 4 is 17.7 Å². The summed E-state index contributed by atoms with van der Waals surface area (Å²) in [4.78, 5) is 26.5. The zero-order valence-corrected chi connectivity index (χ0v) is 20.8. The Morgan fingerprint density at radius 1 is 0.938 bits per heavy atom. The number of ether oxygens (including phenoxy) is 1. The van der Waals surface area contributed by atoms with Crippen LogP contribution in [0.1, 0.15) is 97.5 Å². The topological polar surface area (TPSA) is 58.6 Å². The number of anilines is 1. The van der Waals surface area contributed by atoms with Gasteiger partial charge in [-0.05, 0) is 64.2 Å². The number of rotatable bonds is 11. The maximum absolute atomic E-state index is 12.7.